The van der Waals surface area contributed by atoms with E-state index >= 15 is 0 Å². The molecule has 1 aromatic heterocycles. The molecule has 0 saturated heterocycles. The summed E-state index contributed by atoms with van der Waals surface area (Å²) in [6.07, 6.45) is 8.34. The van der Waals surface area contributed by atoms with Crippen LogP contribution in [-0.4, -0.2) is 15.4 Å². The summed E-state index contributed by atoms with van der Waals surface area (Å²) in [5.41, 5.74) is 0. The molecule has 1 fully saturated rings. The number of halogens is 1. The molecule has 2 heterocycles. The highest BCUT2D eigenvalue weighted by atomic mass is 35.5. The number of nitrogens with zero attached hydrogens (tertiary/aromatic N) is 2. The number of hydrogen-bond donors (Lipinski definition) is 1. The summed E-state index contributed by atoms with van der Waals surface area (Å²) in [7, 11) is 0. The van der Waals surface area contributed by atoms with Crippen LogP contribution in [0.4, 0.5) is 5.82 Å². The van der Waals surface area contributed by atoms with Crippen molar-refractivity contribution >= 4 is 46.3 Å². The van der Waals surface area contributed by atoms with E-state index in [1.54, 1.807) is 18.1 Å². The number of aromatic nitrogens is 1. The number of rotatable bonds is 1. The lowest BCUT2D eigenvalue weighted by Gasteiger charge is -2.23. The Hall–Kier alpha value is -0.390. The fourth-order valence-electron chi connectivity index (χ4n) is 2.18. The van der Waals surface area contributed by atoms with E-state index in [9.17, 15) is 0 Å². The van der Waals surface area contributed by atoms with Crippen molar-refractivity contribution in [3.8, 4) is 0 Å². The van der Waals surface area contributed by atoms with Gasteiger partial charge < -0.3 is 4.72 Å². The molecule has 6 heteroatoms. The van der Waals surface area contributed by atoms with Crippen LogP contribution in [0.2, 0.25) is 5.02 Å². The van der Waals surface area contributed by atoms with Crippen molar-refractivity contribution in [1.82, 2.24) is 9.71 Å². The van der Waals surface area contributed by atoms with E-state index in [0.717, 1.165) is 15.9 Å². The van der Waals surface area contributed by atoms with Crippen molar-refractivity contribution in [3.63, 3.8) is 0 Å². The van der Waals surface area contributed by atoms with Crippen molar-refractivity contribution in [2.75, 3.05) is 0 Å². The maximum Gasteiger partial charge on any atom is 0.174 e. The summed E-state index contributed by atoms with van der Waals surface area (Å²) in [5.74, 6) is 0.779. The fourth-order valence-corrected chi connectivity index (χ4v) is 4.36. The molecule has 3 nitrogen and oxygen atoms in total. The molecule has 0 atom stereocenters. The van der Waals surface area contributed by atoms with Gasteiger partial charge in [0.25, 0.3) is 0 Å². The number of fused-ring (bicyclic) bond motifs is 1. The Morgan fingerprint density at radius 3 is 3.00 bits per heavy atom. The molecule has 3 rings (SSSR count). The van der Waals surface area contributed by atoms with Crippen LogP contribution in [0.25, 0.3) is 0 Å². The molecule has 0 aromatic carbocycles. The number of thioether (sulfide) groups is 1. The van der Waals surface area contributed by atoms with Gasteiger partial charge in [-0.2, -0.15) is 0 Å². The van der Waals surface area contributed by atoms with E-state index in [-0.39, 0.29) is 0 Å². The highest BCUT2D eigenvalue weighted by Crippen LogP contribution is 2.36. The van der Waals surface area contributed by atoms with Crippen LogP contribution < -0.4 is 4.72 Å². The van der Waals surface area contributed by atoms with Gasteiger partial charge in [-0.05, 0) is 30.9 Å². The largest absolute Gasteiger partial charge is 0.305 e. The number of aliphatic imine (C=N–C) groups is 1. The molecular formula is C12H14ClN3S2. The Labute approximate surface area is 120 Å². The first-order valence-electron chi connectivity index (χ1n) is 6.15. The third-order valence-corrected chi connectivity index (χ3v) is 5.46. The molecule has 1 N–H and O–H groups in total. The van der Waals surface area contributed by atoms with Crippen LogP contribution >= 0.6 is 35.3 Å². The Morgan fingerprint density at radius 1 is 1.33 bits per heavy atom. The lowest BCUT2D eigenvalue weighted by Crippen LogP contribution is -2.20. The van der Waals surface area contributed by atoms with Gasteiger partial charge in [0.05, 0.1) is 9.92 Å². The first kappa shape index (κ1) is 12.6. The summed E-state index contributed by atoms with van der Waals surface area (Å²) in [5, 5.41) is 2.34. The monoisotopic (exact) mass is 299 g/mol. The molecule has 2 aliphatic rings. The Morgan fingerprint density at radius 2 is 2.17 bits per heavy atom. The van der Waals surface area contributed by atoms with E-state index in [1.807, 2.05) is 17.8 Å². The van der Waals surface area contributed by atoms with E-state index in [1.165, 1.54) is 32.1 Å². The van der Waals surface area contributed by atoms with Gasteiger partial charge in [0, 0.05) is 11.4 Å². The average Bonchev–Trinajstić information content (AvgIpc) is 2.40. The Bertz CT molecular complexity index is 472. The van der Waals surface area contributed by atoms with Crippen LogP contribution in [-0.2, 0) is 0 Å². The van der Waals surface area contributed by atoms with E-state index in [0.29, 0.717) is 10.3 Å². The van der Waals surface area contributed by atoms with Crippen molar-refractivity contribution in [2.45, 2.75) is 42.2 Å². The molecular weight excluding hydrogens is 286 g/mol. The van der Waals surface area contributed by atoms with Crippen LogP contribution in [0.15, 0.2) is 22.2 Å². The molecule has 0 unspecified atom stereocenters. The zero-order valence-electron chi connectivity index (χ0n) is 9.86. The second-order valence-electron chi connectivity index (χ2n) is 4.47. The fraction of sp³-hybridized carbons (Fsp3) is 0.500. The van der Waals surface area contributed by atoms with E-state index in [4.69, 9.17) is 11.6 Å². The van der Waals surface area contributed by atoms with Crippen LogP contribution in [0, 0.1) is 0 Å². The molecule has 1 aliphatic heterocycles. The highest BCUT2D eigenvalue weighted by Gasteiger charge is 2.20. The van der Waals surface area contributed by atoms with Gasteiger partial charge in [-0.1, -0.05) is 42.6 Å². The topological polar surface area (TPSA) is 37.3 Å². The molecule has 0 bridgehead atoms. The third-order valence-electron chi connectivity index (χ3n) is 3.09. The lowest BCUT2D eigenvalue weighted by molar-refractivity contribution is 0.517. The van der Waals surface area contributed by atoms with Gasteiger partial charge in [-0.3, -0.25) is 0 Å². The van der Waals surface area contributed by atoms with Crippen LogP contribution in [0.1, 0.15) is 32.1 Å². The minimum Gasteiger partial charge on any atom is -0.305 e. The Balaban J connectivity index is 1.72. The maximum absolute atomic E-state index is 5.91. The van der Waals surface area contributed by atoms with Gasteiger partial charge in [0.2, 0.25) is 0 Å². The van der Waals surface area contributed by atoms with Gasteiger partial charge >= 0.3 is 0 Å². The van der Waals surface area contributed by atoms with Crippen molar-refractivity contribution in [2.24, 2.45) is 4.99 Å². The standard InChI is InChI=1S/C12H14ClN3S2/c13-8-6-10-11(14-7-8)15-12(16-18-10)17-9-4-2-1-3-5-9/h6-7,9H,1-5H2,(H,14,15,16). The Kier molecular flexibility index (Phi) is 4.01. The van der Waals surface area contributed by atoms with Gasteiger partial charge in [-0.15, -0.1) is 0 Å². The molecule has 18 heavy (non-hydrogen) atoms. The zero-order valence-corrected chi connectivity index (χ0v) is 12.2. The highest BCUT2D eigenvalue weighted by molar-refractivity contribution is 8.16. The van der Waals surface area contributed by atoms with Gasteiger partial charge in [-0.25, -0.2) is 9.98 Å². The van der Waals surface area contributed by atoms with Crippen LogP contribution in [0.5, 0.6) is 0 Å². The van der Waals surface area contributed by atoms with Crippen molar-refractivity contribution in [3.05, 3.63) is 17.3 Å². The molecule has 96 valence electrons. The second-order valence-corrected chi connectivity index (χ2v) is 7.05. The minimum atomic E-state index is 0.654. The molecule has 0 spiro atoms. The number of pyridine rings is 1. The second kappa shape index (κ2) is 5.72. The van der Waals surface area contributed by atoms with E-state index in [2.05, 4.69) is 14.7 Å². The SMILES string of the molecule is Clc1cnc2c(c1)SNC(SC1CCCCC1)=N2. The van der Waals surface area contributed by atoms with Gasteiger partial charge in [0.15, 0.2) is 11.0 Å². The summed E-state index contributed by atoms with van der Waals surface area (Å²) < 4.78 is 3.28. The third kappa shape index (κ3) is 2.95. The number of hydrogen-bond acceptors (Lipinski definition) is 5. The van der Waals surface area contributed by atoms with Crippen molar-refractivity contribution < 1.29 is 0 Å². The quantitative estimate of drug-likeness (QED) is 0.780. The smallest absolute Gasteiger partial charge is 0.174 e. The minimum absolute atomic E-state index is 0.654. The zero-order chi connectivity index (χ0) is 12.4. The molecule has 1 aromatic rings. The van der Waals surface area contributed by atoms with Crippen molar-refractivity contribution in [1.29, 1.82) is 0 Å². The van der Waals surface area contributed by atoms with E-state index < -0.39 is 0 Å². The summed E-state index contributed by atoms with van der Waals surface area (Å²) in [4.78, 5) is 9.82. The van der Waals surface area contributed by atoms with Gasteiger partial charge in [0.1, 0.15) is 0 Å². The first-order valence-corrected chi connectivity index (χ1v) is 8.22. The first-order chi connectivity index (χ1) is 8.81. The summed E-state index contributed by atoms with van der Waals surface area (Å²) in [6, 6.07) is 1.90. The normalized spacial score (nSPS) is 19.9. The van der Waals surface area contributed by atoms with Crippen LogP contribution in [0.3, 0.4) is 0 Å². The number of amidine groups is 1. The summed E-state index contributed by atoms with van der Waals surface area (Å²) >= 11 is 9.32. The summed E-state index contributed by atoms with van der Waals surface area (Å²) in [6.45, 7) is 0. The predicted molar refractivity (Wildman–Crippen MR) is 79.8 cm³/mol. The average molecular weight is 300 g/mol. The lowest BCUT2D eigenvalue weighted by atomic mass is 10.0. The maximum atomic E-state index is 5.91. The molecule has 1 saturated carbocycles. The molecule has 0 amide bonds. The molecule has 0 radical (unpaired) electrons. The predicted octanol–water partition coefficient (Wildman–Crippen LogP) is 4.40. The number of nitrogens with one attached hydrogen (secondary N) is 1. The molecule has 1 aliphatic carbocycles.